The van der Waals surface area contributed by atoms with Gasteiger partial charge in [0.2, 0.25) is 0 Å². The van der Waals surface area contributed by atoms with E-state index in [1.807, 2.05) is 0 Å². The van der Waals surface area contributed by atoms with E-state index >= 15 is 0 Å². The minimum atomic E-state index is -1.26. The van der Waals surface area contributed by atoms with Crippen molar-refractivity contribution in [2.75, 3.05) is 52.4 Å². The van der Waals surface area contributed by atoms with E-state index in [0.29, 0.717) is 9.79 Å². The summed E-state index contributed by atoms with van der Waals surface area (Å²) in [5.41, 5.74) is 0.159. The lowest BCUT2D eigenvalue weighted by molar-refractivity contribution is -0.929. The molecule has 6 nitrogen and oxygen atoms in total. The van der Waals surface area contributed by atoms with Gasteiger partial charge in [0.1, 0.15) is 0 Å². The van der Waals surface area contributed by atoms with E-state index in [1.165, 1.54) is 330 Å². The van der Waals surface area contributed by atoms with Crippen LogP contribution in [0, 0.1) is 0 Å². The van der Waals surface area contributed by atoms with Crippen molar-refractivity contribution < 1.29 is 28.8 Å². The van der Waals surface area contributed by atoms with Crippen LogP contribution in [0.25, 0.3) is 0 Å². The highest BCUT2D eigenvalue weighted by atomic mass is 33.1. The number of carboxylic acid groups (broad SMARTS) is 2. The normalized spacial score (nSPS) is 11.5. The molecule has 0 spiro atoms. The van der Waals surface area contributed by atoms with Gasteiger partial charge in [0.05, 0.1) is 64.3 Å². The van der Waals surface area contributed by atoms with Crippen LogP contribution in [0.4, 0.5) is 0 Å². The Hall–Kier alpha value is -2.00. The van der Waals surface area contributed by atoms with Crippen molar-refractivity contribution in [3.63, 3.8) is 0 Å². The van der Waals surface area contributed by atoms with E-state index in [4.69, 9.17) is 0 Å². The van der Waals surface area contributed by atoms with Gasteiger partial charge in [-0.25, -0.2) is 0 Å². The molecule has 78 heavy (non-hydrogen) atoms. The van der Waals surface area contributed by atoms with Crippen LogP contribution in [0.2, 0.25) is 0 Å². The van der Waals surface area contributed by atoms with Crippen molar-refractivity contribution >= 4 is 33.5 Å². The molecule has 8 heteroatoms. The van der Waals surface area contributed by atoms with Crippen LogP contribution in [0.3, 0.4) is 0 Å². The van der Waals surface area contributed by atoms with Crippen molar-refractivity contribution in [1.82, 2.24) is 0 Å². The standard InChI is InChI=1S/2C28H60N.C14H10O4S2/c2*1-5-9-13-17-21-25-29(26-22-18-14-10-6-2,27-23-19-15-11-7-3)28-24-20-16-12-8-4;15-13(16)9-5-1-3-7-11(9)19-20-12-8-4-2-6-10(12)14(17)18/h2*5-28H2,1-4H3;1-8H,(H,15,16)(H,17,18)/q2*+1;/p-2. The van der Waals surface area contributed by atoms with Crippen LogP contribution >= 0.6 is 21.6 Å². The minimum absolute atomic E-state index is 0.0796. The van der Waals surface area contributed by atoms with Gasteiger partial charge in [0.15, 0.2) is 0 Å². The molecule has 0 unspecified atom stereocenters. The molecular formula is C70H128N2O4S2. The summed E-state index contributed by atoms with van der Waals surface area (Å²) < 4.78 is 2.94. The number of carbonyl (C=O) groups is 2. The van der Waals surface area contributed by atoms with Crippen molar-refractivity contribution in [3.8, 4) is 0 Å². The number of carboxylic acids is 2. The maximum atomic E-state index is 11.0. The molecule has 2 aromatic rings. The highest BCUT2D eigenvalue weighted by Gasteiger charge is 2.27. The molecule has 454 valence electrons. The third-order valence-corrected chi connectivity index (χ3v) is 18.8. The minimum Gasteiger partial charge on any atom is -0.545 e. The van der Waals surface area contributed by atoms with Gasteiger partial charge in [-0.2, -0.15) is 0 Å². The van der Waals surface area contributed by atoms with E-state index < -0.39 is 11.9 Å². The second-order valence-corrected chi connectivity index (χ2v) is 25.7. The zero-order chi connectivity index (χ0) is 57.5. The first-order valence-electron chi connectivity index (χ1n) is 33.7. The summed E-state index contributed by atoms with van der Waals surface area (Å²) in [4.78, 5) is 23.0. The average Bonchev–Trinajstić information content (AvgIpc) is 3.44. The molecule has 0 aliphatic rings. The summed E-state index contributed by atoms with van der Waals surface area (Å²) in [6.45, 7) is 30.5. The average molecular weight is 1130 g/mol. The van der Waals surface area contributed by atoms with Crippen LogP contribution in [-0.4, -0.2) is 73.3 Å². The Bertz CT molecular complexity index is 1380. The largest absolute Gasteiger partial charge is 0.545 e. The summed E-state index contributed by atoms with van der Waals surface area (Å²) in [7, 11) is 2.33. The second kappa shape index (κ2) is 55.5. The quantitative estimate of drug-likeness (QED) is 0.0373. The van der Waals surface area contributed by atoms with E-state index in [0.717, 1.165) is 21.6 Å². The smallest absolute Gasteiger partial charge is 0.0786 e. The highest BCUT2D eigenvalue weighted by Crippen LogP contribution is 2.40. The number of hydrogen-bond acceptors (Lipinski definition) is 6. The number of hydrogen-bond donors (Lipinski definition) is 0. The molecule has 0 saturated heterocycles. The molecule has 0 radical (unpaired) electrons. The van der Waals surface area contributed by atoms with E-state index in [9.17, 15) is 19.8 Å². The topological polar surface area (TPSA) is 80.3 Å². The summed E-state index contributed by atoms with van der Waals surface area (Å²) in [6.07, 6.45) is 57.6. The predicted octanol–water partition coefficient (Wildman–Crippen LogP) is 20.6. The monoisotopic (exact) mass is 1120 g/mol. The van der Waals surface area contributed by atoms with Crippen LogP contribution in [0.1, 0.15) is 333 Å². The maximum Gasteiger partial charge on any atom is 0.0786 e. The Labute approximate surface area is 493 Å². The molecule has 0 aliphatic carbocycles. The number of unbranched alkanes of at least 4 members (excludes halogenated alkanes) is 32. The van der Waals surface area contributed by atoms with Gasteiger partial charge in [-0.3, -0.25) is 0 Å². The molecule has 2 aromatic carbocycles. The van der Waals surface area contributed by atoms with E-state index in [-0.39, 0.29) is 11.1 Å². The molecule has 0 N–H and O–H groups in total. The number of rotatable bonds is 53. The molecule has 0 aliphatic heterocycles. The number of quaternary nitrogens is 2. The lowest BCUT2D eigenvalue weighted by atomic mass is 10.1. The molecule has 0 fully saturated rings. The summed E-state index contributed by atoms with van der Waals surface area (Å²) >= 11 is 0. The fourth-order valence-corrected chi connectivity index (χ4v) is 13.6. The van der Waals surface area contributed by atoms with Gasteiger partial charge in [-0.1, -0.05) is 267 Å². The molecule has 0 bridgehead atoms. The van der Waals surface area contributed by atoms with Gasteiger partial charge in [-0.15, -0.1) is 0 Å². The Morgan fingerprint density at radius 2 is 0.449 bits per heavy atom. The lowest BCUT2D eigenvalue weighted by Gasteiger charge is -2.40. The second-order valence-electron chi connectivity index (χ2n) is 23.5. The Kier molecular flexibility index (Phi) is 54.1. The van der Waals surface area contributed by atoms with Crippen molar-refractivity contribution in [3.05, 3.63) is 59.7 Å². The van der Waals surface area contributed by atoms with Crippen LogP contribution < -0.4 is 10.2 Å². The molecule has 0 saturated carbocycles. The number of carbonyl (C=O) groups excluding carboxylic acids is 2. The molecule has 0 atom stereocenters. The highest BCUT2D eigenvalue weighted by molar-refractivity contribution is 8.76. The van der Waals surface area contributed by atoms with Crippen molar-refractivity contribution in [2.24, 2.45) is 0 Å². The first kappa shape index (κ1) is 76.0. The zero-order valence-corrected chi connectivity index (χ0v) is 54.5. The SMILES string of the molecule is CCCCCCC[N+](CCCCCCC)(CCCCCCC)CCCCCCC.CCCCCCC[N+](CCCCCCC)(CCCCCCC)CCCCCCC.O=C([O-])c1ccccc1SSc1ccccc1C(=O)[O-]. The van der Waals surface area contributed by atoms with Gasteiger partial charge in [-0.05, 0) is 115 Å². The molecule has 0 amide bonds. The predicted molar refractivity (Wildman–Crippen MR) is 343 cm³/mol. The van der Waals surface area contributed by atoms with Crippen molar-refractivity contribution in [2.45, 2.75) is 322 Å². The van der Waals surface area contributed by atoms with Gasteiger partial charge in [0, 0.05) is 20.9 Å². The molecule has 2 rings (SSSR count). The fraction of sp³-hybridized carbons (Fsp3) is 0.800. The van der Waals surface area contributed by atoms with Crippen LogP contribution in [0.5, 0.6) is 0 Å². The Morgan fingerprint density at radius 3 is 0.615 bits per heavy atom. The van der Waals surface area contributed by atoms with E-state index in [1.54, 1.807) is 36.4 Å². The van der Waals surface area contributed by atoms with Crippen LogP contribution in [0.15, 0.2) is 58.3 Å². The third kappa shape index (κ3) is 41.9. The third-order valence-electron chi connectivity index (χ3n) is 16.3. The van der Waals surface area contributed by atoms with Gasteiger partial charge in [0.25, 0.3) is 0 Å². The first-order valence-corrected chi connectivity index (χ1v) is 35.9. The summed E-state index contributed by atoms with van der Waals surface area (Å²) in [5, 5.41) is 21.9. The first-order chi connectivity index (χ1) is 38.1. The maximum absolute atomic E-state index is 11.0. The van der Waals surface area contributed by atoms with Gasteiger partial charge < -0.3 is 28.8 Å². The number of nitrogens with zero attached hydrogens (tertiary/aromatic N) is 2. The Balaban J connectivity index is 0.00000116. The fourth-order valence-electron chi connectivity index (χ4n) is 11.3. The Morgan fingerprint density at radius 1 is 0.282 bits per heavy atom. The zero-order valence-electron chi connectivity index (χ0n) is 52.9. The summed E-state index contributed by atoms with van der Waals surface area (Å²) in [5.74, 6) is -2.52. The molecular weight excluding hydrogens is 997 g/mol. The molecule has 0 aromatic heterocycles. The van der Waals surface area contributed by atoms with Crippen molar-refractivity contribution in [1.29, 1.82) is 0 Å². The summed E-state index contributed by atoms with van der Waals surface area (Å²) in [6, 6.07) is 12.8. The lowest BCUT2D eigenvalue weighted by Crippen LogP contribution is -2.50. The van der Waals surface area contributed by atoms with Crippen LogP contribution in [-0.2, 0) is 0 Å². The molecule has 0 heterocycles. The number of benzene rings is 2. The van der Waals surface area contributed by atoms with Gasteiger partial charge >= 0.3 is 0 Å². The number of aromatic carboxylic acids is 2. The van der Waals surface area contributed by atoms with E-state index in [2.05, 4.69) is 55.4 Å².